The Balaban J connectivity index is 2.05. The van der Waals surface area contributed by atoms with Gasteiger partial charge < -0.3 is 4.74 Å². The van der Waals surface area contributed by atoms with E-state index in [1.54, 1.807) is 0 Å². The topological polar surface area (TPSA) is 70.4 Å². The number of thiocyanates is 1. The molecular weight excluding hydrogens is 264 g/mol. The lowest BCUT2D eigenvalue weighted by Crippen LogP contribution is -2.41. The quantitative estimate of drug-likeness (QED) is 0.784. The minimum Gasteiger partial charge on any atom is -0.447 e. The third-order valence-corrected chi connectivity index (χ3v) is 3.32. The number of nitrogens with zero attached hydrogens (tertiary/aromatic N) is 2. The predicted octanol–water partition coefficient (Wildman–Crippen LogP) is 1.79. The van der Waals surface area contributed by atoms with Crippen LogP contribution < -0.4 is 0 Å². The standard InChI is InChI=1S/C13H12N2O3S/c14-9-19-8-12(16)15-11(7-18-13(15)17)6-10-4-2-1-3-5-10/h1-5,11H,6-8H2/t11-/m0/s1. The first-order valence-corrected chi connectivity index (χ1v) is 6.74. The fourth-order valence-electron chi connectivity index (χ4n) is 1.97. The Hall–Kier alpha value is -2.00. The van der Waals surface area contributed by atoms with Crippen LogP contribution in [0.2, 0.25) is 0 Å². The van der Waals surface area contributed by atoms with E-state index in [1.807, 2.05) is 35.7 Å². The number of nitriles is 1. The Morgan fingerprint density at radius 2 is 2.21 bits per heavy atom. The van der Waals surface area contributed by atoms with Crippen LogP contribution in [0.25, 0.3) is 0 Å². The molecule has 19 heavy (non-hydrogen) atoms. The second kappa shape index (κ2) is 6.25. The zero-order valence-corrected chi connectivity index (χ0v) is 10.9. The smallest absolute Gasteiger partial charge is 0.417 e. The van der Waals surface area contributed by atoms with Gasteiger partial charge in [-0.05, 0) is 23.7 Å². The first-order valence-electron chi connectivity index (χ1n) is 5.76. The average molecular weight is 276 g/mol. The van der Waals surface area contributed by atoms with Crippen LogP contribution in [-0.2, 0) is 16.0 Å². The summed E-state index contributed by atoms with van der Waals surface area (Å²) < 4.78 is 4.93. The Kier molecular flexibility index (Phi) is 4.42. The first-order chi connectivity index (χ1) is 9.22. The highest BCUT2D eigenvalue weighted by Gasteiger charge is 2.37. The second-order valence-corrected chi connectivity index (χ2v) is 4.82. The van der Waals surface area contributed by atoms with Crippen molar-refractivity contribution in [2.75, 3.05) is 12.4 Å². The molecule has 1 saturated heterocycles. The van der Waals surface area contributed by atoms with Crippen LogP contribution in [0, 0.1) is 10.7 Å². The Labute approximate surface area is 115 Å². The lowest BCUT2D eigenvalue weighted by molar-refractivity contribution is -0.126. The molecule has 1 aromatic rings. The molecule has 2 rings (SSSR count). The van der Waals surface area contributed by atoms with Gasteiger partial charge in [-0.15, -0.1) is 0 Å². The highest BCUT2D eigenvalue weighted by atomic mass is 32.2. The third-order valence-electron chi connectivity index (χ3n) is 2.80. The van der Waals surface area contributed by atoms with Gasteiger partial charge in [-0.2, -0.15) is 5.26 Å². The third kappa shape index (κ3) is 3.26. The SMILES string of the molecule is N#CSCC(=O)N1C(=O)OC[C@@H]1Cc1ccccc1. The molecule has 1 aliphatic rings. The van der Waals surface area contributed by atoms with E-state index in [2.05, 4.69) is 0 Å². The molecule has 0 bridgehead atoms. The monoisotopic (exact) mass is 276 g/mol. The zero-order valence-electron chi connectivity index (χ0n) is 10.1. The van der Waals surface area contributed by atoms with Crippen molar-refractivity contribution in [1.29, 1.82) is 5.26 Å². The van der Waals surface area contributed by atoms with E-state index in [-0.39, 0.29) is 24.3 Å². The van der Waals surface area contributed by atoms with Crippen LogP contribution in [0.3, 0.4) is 0 Å². The molecule has 0 saturated carbocycles. The number of thioether (sulfide) groups is 1. The molecule has 1 heterocycles. The fourth-order valence-corrected chi connectivity index (χ4v) is 2.29. The van der Waals surface area contributed by atoms with Gasteiger partial charge in [0.15, 0.2) is 0 Å². The summed E-state index contributed by atoms with van der Waals surface area (Å²) in [5.74, 6) is -0.411. The van der Waals surface area contributed by atoms with E-state index in [0.717, 1.165) is 22.2 Å². The Morgan fingerprint density at radius 3 is 2.89 bits per heavy atom. The van der Waals surface area contributed by atoms with Crippen molar-refractivity contribution in [2.45, 2.75) is 12.5 Å². The molecule has 6 heteroatoms. The van der Waals surface area contributed by atoms with E-state index in [0.29, 0.717) is 6.42 Å². The van der Waals surface area contributed by atoms with Crippen molar-refractivity contribution in [2.24, 2.45) is 0 Å². The number of rotatable bonds is 4. The number of amides is 2. The molecule has 0 aliphatic carbocycles. The van der Waals surface area contributed by atoms with Gasteiger partial charge in [0.05, 0.1) is 11.8 Å². The number of benzene rings is 1. The molecule has 1 atom stereocenters. The van der Waals surface area contributed by atoms with E-state index >= 15 is 0 Å². The number of carbonyl (C=O) groups is 2. The lowest BCUT2D eigenvalue weighted by atomic mass is 10.1. The summed E-state index contributed by atoms with van der Waals surface area (Å²) in [5.41, 5.74) is 1.04. The van der Waals surface area contributed by atoms with E-state index in [1.165, 1.54) is 0 Å². The first kappa shape index (κ1) is 13.4. The molecule has 2 amide bonds. The van der Waals surface area contributed by atoms with Crippen molar-refractivity contribution in [1.82, 2.24) is 4.90 Å². The van der Waals surface area contributed by atoms with Gasteiger partial charge in [-0.25, -0.2) is 9.69 Å². The number of hydrogen-bond donors (Lipinski definition) is 0. The molecule has 5 nitrogen and oxygen atoms in total. The molecule has 98 valence electrons. The summed E-state index contributed by atoms with van der Waals surface area (Å²) >= 11 is 0.820. The molecule has 1 fully saturated rings. The van der Waals surface area contributed by atoms with Crippen molar-refractivity contribution in [3.8, 4) is 5.40 Å². The Morgan fingerprint density at radius 1 is 1.47 bits per heavy atom. The maximum Gasteiger partial charge on any atom is 0.417 e. The summed E-state index contributed by atoms with van der Waals surface area (Å²) in [6, 6.07) is 9.31. The summed E-state index contributed by atoms with van der Waals surface area (Å²) in [6.45, 7) is 0.205. The molecule has 0 N–H and O–H groups in total. The van der Waals surface area contributed by atoms with Gasteiger partial charge in [-0.3, -0.25) is 4.79 Å². The maximum atomic E-state index is 11.9. The van der Waals surface area contributed by atoms with Gasteiger partial charge in [-0.1, -0.05) is 30.3 Å². The summed E-state index contributed by atoms with van der Waals surface area (Å²) in [4.78, 5) is 24.6. The average Bonchev–Trinajstić information content (AvgIpc) is 2.78. The minimum atomic E-state index is -0.621. The van der Waals surface area contributed by atoms with Crippen LogP contribution in [0.15, 0.2) is 30.3 Å². The van der Waals surface area contributed by atoms with Crippen LogP contribution in [0.4, 0.5) is 4.79 Å². The molecule has 0 radical (unpaired) electrons. The molecule has 0 spiro atoms. The van der Waals surface area contributed by atoms with Crippen LogP contribution in [0.1, 0.15) is 5.56 Å². The van der Waals surface area contributed by atoms with Crippen molar-refractivity contribution in [3.05, 3.63) is 35.9 Å². The van der Waals surface area contributed by atoms with Gasteiger partial charge in [0.2, 0.25) is 5.91 Å². The summed E-state index contributed by atoms with van der Waals surface area (Å²) in [5, 5.41) is 10.3. The van der Waals surface area contributed by atoms with Crippen molar-refractivity contribution < 1.29 is 14.3 Å². The number of imide groups is 1. The largest absolute Gasteiger partial charge is 0.447 e. The van der Waals surface area contributed by atoms with E-state index in [9.17, 15) is 9.59 Å². The van der Waals surface area contributed by atoms with Gasteiger partial charge in [0, 0.05) is 0 Å². The normalized spacial score (nSPS) is 17.9. The van der Waals surface area contributed by atoms with Crippen molar-refractivity contribution in [3.63, 3.8) is 0 Å². The molecule has 0 aromatic heterocycles. The predicted molar refractivity (Wildman–Crippen MR) is 70.2 cm³/mol. The maximum absolute atomic E-state index is 11.9. The number of carbonyl (C=O) groups excluding carboxylic acids is 2. The summed E-state index contributed by atoms with van der Waals surface area (Å²) in [7, 11) is 0. The molecule has 0 unspecified atom stereocenters. The number of cyclic esters (lactones) is 1. The Bertz CT molecular complexity index is 512. The number of hydrogen-bond acceptors (Lipinski definition) is 5. The van der Waals surface area contributed by atoms with Crippen LogP contribution >= 0.6 is 11.8 Å². The van der Waals surface area contributed by atoms with Crippen LogP contribution in [-0.4, -0.2) is 35.3 Å². The zero-order chi connectivity index (χ0) is 13.7. The van der Waals surface area contributed by atoms with E-state index < -0.39 is 6.09 Å². The summed E-state index contributed by atoms with van der Waals surface area (Å²) in [6.07, 6.45) is -0.0558. The fraction of sp³-hybridized carbons (Fsp3) is 0.308. The number of ether oxygens (including phenoxy) is 1. The lowest BCUT2D eigenvalue weighted by Gasteiger charge is -2.18. The second-order valence-electron chi connectivity index (χ2n) is 4.06. The van der Waals surface area contributed by atoms with E-state index in [4.69, 9.17) is 10.00 Å². The highest BCUT2D eigenvalue weighted by molar-refractivity contribution is 8.04. The molecule has 1 aliphatic heterocycles. The van der Waals surface area contributed by atoms with Crippen molar-refractivity contribution >= 4 is 23.8 Å². The highest BCUT2D eigenvalue weighted by Crippen LogP contribution is 2.18. The van der Waals surface area contributed by atoms with Gasteiger partial charge in [0.1, 0.15) is 12.0 Å². The molecular formula is C13H12N2O3S. The minimum absolute atomic E-state index is 0.0309. The molecule has 1 aromatic carbocycles. The van der Waals surface area contributed by atoms with Gasteiger partial charge >= 0.3 is 6.09 Å². The van der Waals surface area contributed by atoms with Crippen LogP contribution in [0.5, 0.6) is 0 Å². The van der Waals surface area contributed by atoms with Gasteiger partial charge in [0.25, 0.3) is 0 Å².